The van der Waals surface area contributed by atoms with E-state index in [2.05, 4.69) is 20.7 Å². The first-order valence-electron chi connectivity index (χ1n) is 12.2. The van der Waals surface area contributed by atoms with E-state index in [1.165, 1.54) is 0 Å². The Hall–Kier alpha value is -4.21. The molecule has 4 N–H and O–H groups in total. The minimum atomic E-state index is -1.15. The van der Waals surface area contributed by atoms with Crippen LogP contribution in [0.5, 0.6) is 0 Å². The Morgan fingerprint density at radius 2 is 1.77 bits per heavy atom. The number of hydrogen-bond donors (Lipinski definition) is 3. The topological polar surface area (TPSA) is 132 Å². The summed E-state index contributed by atoms with van der Waals surface area (Å²) in [4.78, 5) is 42.8. The van der Waals surface area contributed by atoms with Crippen LogP contribution in [0.2, 0.25) is 10.0 Å². The third-order valence-electron chi connectivity index (χ3n) is 6.52. The Labute approximate surface area is 234 Å². The average Bonchev–Trinajstić information content (AvgIpc) is 3.58. The molecule has 11 heteroatoms. The molecule has 39 heavy (non-hydrogen) atoms. The lowest BCUT2D eigenvalue weighted by Gasteiger charge is -2.21. The van der Waals surface area contributed by atoms with E-state index in [4.69, 9.17) is 28.9 Å². The molecule has 0 bridgehead atoms. The third-order valence-corrected chi connectivity index (χ3v) is 7.25. The van der Waals surface area contributed by atoms with Crippen molar-refractivity contribution in [1.29, 1.82) is 0 Å². The van der Waals surface area contributed by atoms with Gasteiger partial charge in [0.1, 0.15) is 11.6 Å². The van der Waals surface area contributed by atoms with Crippen LogP contribution in [0.3, 0.4) is 0 Å². The number of nitrogens with zero attached hydrogens (tertiary/aromatic N) is 3. The lowest BCUT2D eigenvalue weighted by molar-refractivity contribution is -0.129. The molecule has 1 aliphatic carbocycles. The highest BCUT2D eigenvalue weighted by molar-refractivity contribution is 6.42. The van der Waals surface area contributed by atoms with Gasteiger partial charge in [0.15, 0.2) is 5.69 Å². The predicted molar refractivity (Wildman–Crippen MR) is 148 cm³/mol. The normalized spacial score (nSPS) is 14.3. The van der Waals surface area contributed by atoms with Crippen molar-refractivity contribution in [3.05, 3.63) is 100 Å². The van der Waals surface area contributed by atoms with E-state index in [-0.39, 0.29) is 12.1 Å². The molecule has 4 aromatic rings. The van der Waals surface area contributed by atoms with Crippen LogP contribution in [-0.2, 0) is 16.0 Å². The highest BCUT2D eigenvalue weighted by atomic mass is 35.5. The molecule has 0 spiro atoms. The molecule has 1 fully saturated rings. The average molecular weight is 563 g/mol. The quantitative estimate of drug-likeness (QED) is 0.286. The molecule has 2 heterocycles. The maximum atomic E-state index is 13.3. The number of carbonyl (C=O) groups is 3. The molecule has 5 rings (SSSR count). The molecule has 2 aromatic heterocycles. The summed E-state index contributed by atoms with van der Waals surface area (Å²) >= 11 is 12.3. The SMILES string of the molecule is NC(=O)[C@H](Cc1ccccc1)NC(=O)C1(NC(=O)c2cc(-c3cccnc3)n(-c3ccc(Cl)c(Cl)c3)n2)CC1. The van der Waals surface area contributed by atoms with Gasteiger partial charge in [-0.15, -0.1) is 0 Å². The van der Waals surface area contributed by atoms with Gasteiger partial charge in [-0.3, -0.25) is 19.4 Å². The lowest BCUT2D eigenvalue weighted by Crippen LogP contribution is -2.55. The molecule has 0 saturated heterocycles. The summed E-state index contributed by atoms with van der Waals surface area (Å²) < 4.78 is 1.57. The van der Waals surface area contributed by atoms with Gasteiger partial charge in [0, 0.05) is 24.4 Å². The van der Waals surface area contributed by atoms with Crippen LogP contribution in [0, 0.1) is 0 Å². The summed E-state index contributed by atoms with van der Waals surface area (Å²) in [6.07, 6.45) is 4.38. The second-order valence-electron chi connectivity index (χ2n) is 9.32. The van der Waals surface area contributed by atoms with Gasteiger partial charge in [0.05, 0.1) is 21.4 Å². The van der Waals surface area contributed by atoms with Gasteiger partial charge in [-0.2, -0.15) is 5.10 Å². The number of nitrogens with one attached hydrogen (secondary N) is 2. The highest BCUT2D eigenvalue weighted by Gasteiger charge is 2.52. The minimum absolute atomic E-state index is 0.0923. The monoisotopic (exact) mass is 562 g/mol. The number of carbonyl (C=O) groups excluding carboxylic acids is 3. The van der Waals surface area contributed by atoms with Crippen molar-refractivity contribution in [1.82, 2.24) is 25.4 Å². The Kier molecular flexibility index (Phi) is 7.36. The number of pyridine rings is 1. The Bertz CT molecular complexity index is 1540. The van der Waals surface area contributed by atoms with Crippen LogP contribution in [0.4, 0.5) is 0 Å². The number of rotatable bonds is 9. The zero-order chi connectivity index (χ0) is 27.6. The van der Waals surface area contributed by atoms with E-state index in [0.29, 0.717) is 34.3 Å². The smallest absolute Gasteiger partial charge is 0.272 e. The fraction of sp³-hybridized carbons (Fsp3) is 0.179. The largest absolute Gasteiger partial charge is 0.368 e. The molecule has 1 atom stereocenters. The summed E-state index contributed by atoms with van der Waals surface area (Å²) in [6.45, 7) is 0. The summed E-state index contributed by atoms with van der Waals surface area (Å²) in [5.41, 5.74) is 7.26. The number of amides is 3. The Morgan fingerprint density at radius 1 is 1.00 bits per heavy atom. The van der Waals surface area contributed by atoms with Crippen LogP contribution >= 0.6 is 23.2 Å². The lowest BCUT2D eigenvalue weighted by atomic mass is 10.0. The van der Waals surface area contributed by atoms with E-state index in [1.807, 2.05) is 36.4 Å². The molecular weight excluding hydrogens is 539 g/mol. The van der Waals surface area contributed by atoms with Crippen molar-refractivity contribution in [2.75, 3.05) is 0 Å². The predicted octanol–water partition coefficient (Wildman–Crippen LogP) is 3.72. The molecule has 1 aliphatic rings. The van der Waals surface area contributed by atoms with Gasteiger partial charge in [0.2, 0.25) is 11.8 Å². The maximum absolute atomic E-state index is 13.3. The van der Waals surface area contributed by atoms with Gasteiger partial charge < -0.3 is 16.4 Å². The standard InChI is InChI=1S/C28H24Cl2N6O3/c29-20-9-8-19(14-21(20)30)36-24(18-7-4-12-32-16-18)15-23(35-36)26(38)34-28(10-11-28)27(39)33-22(25(31)37)13-17-5-2-1-3-6-17/h1-9,12,14-16,22H,10-11,13H2,(H2,31,37)(H,33,39)(H,34,38)/t22-/m0/s1. The van der Waals surface area contributed by atoms with Crippen LogP contribution in [-0.4, -0.2) is 44.1 Å². The molecule has 0 radical (unpaired) electrons. The molecule has 198 valence electrons. The van der Waals surface area contributed by atoms with Crippen molar-refractivity contribution >= 4 is 40.9 Å². The van der Waals surface area contributed by atoms with Gasteiger partial charge >= 0.3 is 0 Å². The number of halogens is 2. The van der Waals surface area contributed by atoms with Gasteiger partial charge in [-0.25, -0.2) is 4.68 Å². The Morgan fingerprint density at radius 3 is 2.41 bits per heavy atom. The van der Waals surface area contributed by atoms with Crippen molar-refractivity contribution < 1.29 is 14.4 Å². The first-order valence-corrected chi connectivity index (χ1v) is 12.9. The van der Waals surface area contributed by atoms with Gasteiger partial charge in [-0.05, 0) is 54.8 Å². The van der Waals surface area contributed by atoms with Crippen molar-refractivity contribution in [3.63, 3.8) is 0 Å². The number of hydrogen-bond acceptors (Lipinski definition) is 5. The van der Waals surface area contributed by atoms with Crippen LogP contribution in [0.25, 0.3) is 16.9 Å². The maximum Gasteiger partial charge on any atom is 0.272 e. The van der Waals surface area contributed by atoms with Crippen LogP contribution in [0.15, 0.2) is 79.1 Å². The zero-order valence-corrected chi connectivity index (χ0v) is 22.1. The Balaban J connectivity index is 1.38. The first kappa shape index (κ1) is 26.4. The van der Waals surface area contributed by atoms with Gasteiger partial charge in [0.25, 0.3) is 5.91 Å². The summed E-state index contributed by atoms with van der Waals surface area (Å²) in [7, 11) is 0. The van der Waals surface area contributed by atoms with E-state index in [9.17, 15) is 14.4 Å². The summed E-state index contributed by atoms with van der Waals surface area (Å²) in [5, 5.41) is 10.8. The van der Waals surface area contributed by atoms with Crippen molar-refractivity contribution in [3.8, 4) is 16.9 Å². The fourth-order valence-corrected chi connectivity index (χ4v) is 4.50. The van der Waals surface area contributed by atoms with Crippen LogP contribution < -0.4 is 16.4 Å². The third kappa shape index (κ3) is 5.79. The van der Waals surface area contributed by atoms with E-state index in [1.54, 1.807) is 47.4 Å². The molecule has 0 aliphatic heterocycles. The van der Waals surface area contributed by atoms with Crippen LogP contribution in [0.1, 0.15) is 28.9 Å². The minimum Gasteiger partial charge on any atom is -0.368 e. The second-order valence-corrected chi connectivity index (χ2v) is 10.1. The van der Waals surface area contributed by atoms with Crippen molar-refractivity contribution in [2.45, 2.75) is 30.8 Å². The fourth-order valence-electron chi connectivity index (χ4n) is 4.21. The first-order chi connectivity index (χ1) is 18.8. The second kappa shape index (κ2) is 10.9. The summed E-state index contributed by atoms with van der Waals surface area (Å²) in [5.74, 6) is -1.66. The van der Waals surface area contributed by atoms with E-state index in [0.717, 1.165) is 11.1 Å². The highest BCUT2D eigenvalue weighted by Crippen LogP contribution is 2.36. The number of aromatic nitrogens is 3. The van der Waals surface area contributed by atoms with E-state index < -0.39 is 29.3 Å². The van der Waals surface area contributed by atoms with Gasteiger partial charge in [-0.1, -0.05) is 53.5 Å². The molecule has 2 aromatic carbocycles. The number of nitrogens with two attached hydrogens (primary N) is 1. The summed E-state index contributed by atoms with van der Waals surface area (Å²) in [6, 6.07) is 18.6. The number of primary amides is 1. The van der Waals surface area contributed by atoms with E-state index >= 15 is 0 Å². The molecule has 3 amide bonds. The van der Waals surface area contributed by atoms with Crippen molar-refractivity contribution in [2.24, 2.45) is 5.73 Å². The number of benzene rings is 2. The molecular formula is C28H24Cl2N6O3. The zero-order valence-electron chi connectivity index (χ0n) is 20.6. The molecule has 9 nitrogen and oxygen atoms in total. The molecule has 1 saturated carbocycles. The molecule has 0 unspecified atom stereocenters.